The number of likely N-dealkylation sites (tertiary alicyclic amines) is 1. The van der Waals surface area contributed by atoms with E-state index in [4.69, 9.17) is 0 Å². The monoisotopic (exact) mass is 364 g/mol. The van der Waals surface area contributed by atoms with Gasteiger partial charge in [0, 0.05) is 58.5 Å². The molecule has 1 unspecified atom stereocenters. The third-order valence-corrected chi connectivity index (χ3v) is 5.70. The van der Waals surface area contributed by atoms with E-state index in [1.54, 1.807) is 16.7 Å². The number of rotatable bonds is 2. The van der Waals surface area contributed by atoms with Gasteiger partial charge in [-0.15, -0.1) is 0 Å². The van der Waals surface area contributed by atoms with Crippen LogP contribution in [-0.2, 0) is 19.2 Å². The summed E-state index contributed by atoms with van der Waals surface area (Å²) in [6, 6.07) is -0.402. The maximum absolute atomic E-state index is 12.8. The highest BCUT2D eigenvalue weighted by Gasteiger charge is 2.34. The largest absolute Gasteiger partial charge is 0.344 e. The van der Waals surface area contributed by atoms with E-state index in [0.717, 1.165) is 6.42 Å². The van der Waals surface area contributed by atoms with E-state index in [0.29, 0.717) is 65.0 Å². The van der Waals surface area contributed by atoms with Crippen molar-refractivity contribution >= 4 is 23.6 Å². The van der Waals surface area contributed by atoms with E-state index in [1.807, 2.05) is 4.90 Å². The zero-order valence-electron chi connectivity index (χ0n) is 15.4. The molecular weight excluding hydrogens is 336 g/mol. The average molecular weight is 364 g/mol. The quantitative estimate of drug-likeness (QED) is 0.721. The van der Waals surface area contributed by atoms with E-state index >= 15 is 0 Å². The number of hydrogen-bond acceptors (Lipinski definition) is 4. The molecule has 8 heteroatoms. The number of piperidine rings is 1. The van der Waals surface area contributed by atoms with Gasteiger partial charge in [0.1, 0.15) is 6.04 Å². The Labute approximate surface area is 153 Å². The minimum Gasteiger partial charge on any atom is -0.344 e. The first-order chi connectivity index (χ1) is 12.5. The molecule has 3 aliphatic heterocycles. The van der Waals surface area contributed by atoms with E-state index in [-0.39, 0.29) is 29.5 Å². The van der Waals surface area contributed by atoms with Crippen molar-refractivity contribution in [2.75, 3.05) is 39.3 Å². The van der Waals surface area contributed by atoms with Crippen LogP contribution in [-0.4, -0.2) is 83.6 Å². The van der Waals surface area contributed by atoms with Crippen molar-refractivity contribution in [3.63, 3.8) is 0 Å². The normalized spacial score (nSPS) is 25.0. The third-order valence-electron chi connectivity index (χ3n) is 5.70. The number of nitrogens with zero attached hydrogens (tertiary/aromatic N) is 3. The highest BCUT2D eigenvalue weighted by atomic mass is 16.2. The Morgan fingerprint density at radius 2 is 1.46 bits per heavy atom. The van der Waals surface area contributed by atoms with Crippen molar-refractivity contribution in [2.24, 2.45) is 5.92 Å². The molecule has 0 radical (unpaired) electrons. The van der Waals surface area contributed by atoms with Gasteiger partial charge < -0.3 is 20.0 Å². The van der Waals surface area contributed by atoms with Gasteiger partial charge in [0.25, 0.3) is 0 Å². The predicted molar refractivity (Wildman–Crippen MR) is 93.9 cm³/mol. The molecule has 0 aromatic rings. The third kappa shape index (κ3) is 4.16. The highest BCUT2D eigenvalue weighted by molar-refractivity contribution is 5.91. The van der Waals surface area contributed by atoms with Crippen LogP contribution >= 0.6 is 0 Å². The number of hydrogen-bond donors (Lipinski definition) is 1. The topological polar surface area (TPSA) is 90.0 Å². The minimum absolute atomic E-state index is 0.0260. The summed E-state index contributed by atoms with van der Waals surface area (Å²) >= 11 is 0. The fourth-order valence-corrected chi connectivity index (χ4v) is 4.08. The van der Waals surface area contributed by atoms with Crippen LogP contribution in [0, 0.1) is 5.92 Å². The smallest absolute Gasteiger partial charge is 0.245 e. The Balaban J connectivity index is 1.50. The first-order valence-corrected chi connectivity index (χ1v) is 9.58. The summed E-state index contributed by atoms with van der Waals surface area (Å²) in [6.45, 7) is 5.19. The van der Waals surface area contributed by atoms with Crippen LogP contribution in [0.4, 0.5) is 0 Å². The van der Waals surface area contributed by atoms with Gasteiger partial charge in [-0.1, -0.05) is 0 Å². The van der Waals surface area contributed by atoms with E-state index in [1.165, 1.54) is 0 Å². The van der Waals surface area contributed by atoms with Crippen molar-refractivity contribution < 1.29 is 19.2 Å². The lowest BCUT2D eigenvalue weighted by Crippen LogP contribution is -2.47. The van der Waals surface area contributed by atoms with Crippen molar-refractivity contribution in [1.82, 2.24) is 20.0 Å². The fourth-order valence-electron chi connectivity index (χ4n) is 4.08. The molecule has 0 aliphatic carbocycles. The zero-order chi connectivity index (χ0) is 18.7. The van der Waals surface area contributed by atoms with Crippen LogP contribution in [0.5, 0.6) is 0 Å². The summed E-state index contributed by atoms with van der Waals surface area (Å²) in [4.78, 5) is 53.6. The second-order valence-corrected chi connectivity index (χ2v) is 7.44. The lowest BCUT2D eigenvalue weighted by Gasteiger charge is -2.33. The van der Waals surface area contributed by atoms with Crippen LogP contribution in [0.2, 0.25) is 0 Å². The maximum atomic E-state index is 12.8. The van der Waals surface area contributed by atoms with Crippen LogP contribution in [0.25, 0.3) is 0 Å². The summed E-state index contributed by atoms with van der Waals surface area (Å²) in [5, 5.41) is 2.73. The molecule has 4 amide bonds. The first kappa shape index (κ1) is 18.7. The number of nitrogens with one attached hydrogen (secondary N) is 1. The van der Waals surface area contributed by atoms with Crippen LogP contribution < -0.4 is 5.32 Å². The van der Waals surface area contributed by atoms with Crippen molar-refractivity contribution in [3.05, 3.63) is 0 Å². The second-order valence-electron chi connectivity index (χ2n) is 7.44. The first-order valence-electron chi connectivity index (χ1n) is 9.58. The predicted octanol–water partition coefficient (Wildman–Crippen LogP) is -0.416. The Kier molecular flexibility index (Phi) is 5.78. The molecule has 8 nitrogen and oxygen atoms in total. The van der Waals surface area contributed by atoms with Crippen molar-refractivity contribution in [1.29, 1.82) is 0 Å². The van der Waals surface area contributed by atoms with Gasteiger partial charge in [-0.05, 0) is 25.7 Å². The second kappa shape index (κ2) is 8.05. The summed E-state index contributed by atoms with van der Waals surface area (Å²) in [7, 11) is 0. The van der Waals surface area contributed by atoms with E-state index in [2.05, 4.69) is 5.32 Å². The fraction of sp³-hybridized carbons (Fsp3) is 0.778. The molecule has 3 rings (SSSR count). The van der Waals surface area contributed by atoms with Crippen molar-refractivity contribution in [3.8, 4) is 0 Å². The summed E-state index contributed by atoms with van der Waals surface area (Å²) in [5.74, 6) is 0.101. The molecule has 3 aliphatic rings. The molecule has 0 bridgehead atoms. The molecule has 1 atom stereocenters. The van der Waals surface area contributed by atoms with Gasteiger partial charge in [0.15, 0.2) is 0 Å². The standard InChI is InChI=1S/C18H28N4O4/c1-13(23)20-9-5-14(6-10-20)17(25)21-7-2-8-22(12-11-21)18(26)15-3-4-16(24)19-15/h14-15H,2-12H2,1H3,(H,19,24). The molecule has 0 spiro atoms. The summed E-state index contributed by atoms with van der Waals surface area (Å²) in [6.07, 6.45) is 3.15. The van der Waals surface area contributed by atoms with Gasteiger partial charge >= 0.3 is 0 Å². The Bertz CT molecular complexity index is 586. The molecule has 0 aromatic carbocycles. The molecule has 3 heterocycles. The number of carbonyl (C=O) groups is 4. The summed E-state index contributed by atoms with van der Waals surface area (Å²) < 4.78 is 0. The highest BCUT2D eigenvalue weighted by Crippen LogP contribution is 2.21. The Morgan fingerprint density at radius 1 is 0.846 bits per heavy atom. The molecule has 26 heavy (non-hydrogen) atoms. The van der Waals surface area contributed by atoms with Gasteiger partial charge in [-0.25, -0.2) is 0 Å². The van der Waals surface area contributed by atoms with Gasteiger partial charge in [-0.3, -0.25) is 19.2 Å². The average Bonchev–Trinajstić information content (AvgIpc) is 2.93. The molecule has 144 valence electrons. The van der Waals surface area contributed by atoms with E-state index in [9.17, 15) is 19.2 Å². The Morgan fingerprint density at radius 3 is 2.00 bits per heavy atom. The van der Waals surface area contributed by atoms with Crippen LogP contribution in [0.1, 0.15) is 39.0 Å². The molecule has 3 fully saturated rings. The molecule has 0 aromatic heterocycles. The molecule has 3 saturated heterocycles. The lowest BCUT2D eigenvalue weighted by atomic mass is 9.95. The Hall–Kier alpha value is -2.12. The minimum atomic E-state index is -0.402. The zero-order valence-corrected chi connectivity index (χ0v) is 15.4. The summed E-state index contributed by atoms with van der Waals surface area (Å²) in [5.41, 5.74) is 0. The van der Waals surface area contributed by atoms with E-state index < -0.39 is 6.04 Å². The number of carbonyl (C=O) groups excluding carboxylic acids is 4. The van der Waals surface area contributed by atoms with Crippen LogP contribution in [0.15, 0.2) is 0 Å². The maximum Gasteiger partial charge on any atom is 0.245 e. The SMILES string of the molecule is CC(=O)N1CCC(C(=O)N2CCCN(C(=O)C3CCC(=O)N3)CC2)CC1. The molecule has 0 saturated carbocycles. The van der Waals surface area contributed by atoms with Crippen LogP contribution in [0.3, 0.4) is 0 Å². The van der Waals surface area contributed by atoms with Gasteiger partial charge in [0.05, 0.1) is 0 Å². The lowest BCUT2D eigenvalue weighted by molar-refractivity contribution is -0.140. The molecule has 1 N–H and O–H groups in total. The molecular formula is C18H28N4O4. The number of amides is 4. The van der Waals surface area contributed by atoms with Gasteiger partial charge in [0.2, 0.25) is 23.6 Å². The van der Waals surface area contributed by atoms with Gasteiger partial charge in [-0.2, -0.15) is 0 Å². The van der Waals surface area contributed by atoms with Crippen molar-refractivity contribution in [2.45, 2.75) is 45.1 Å².